The Labute approximate surface area is 120 Å². The van der Waals surface area contributed by atoms with Gasteiger partial charge < -0.3 is 9.73 Å². The SMILES string of the molecule is CCCNC(Cc1ncnn1C(C)C)c1coc(C)c1. The summed E-state index contributed by atoms with van der Waals surface area (Å²) >= 11 is 0. The van der Waals surface area contributed by atoms with Gasteiger partial charge in [0.15, 0.2) is 0 Å². The van der Waals surface area contributed by atoms with Crippen molar-refractivity contribution in [1.29, 1.82) is 0 Å². The zero-order valence-electron chi connectivity index (χ0n) is 12.8. The van der Waals surface area contributed by atoms with E-state index in [9.17, 15) is 0 Å². The molecular weight excluding hydrogens is 252 g/mol. The van der Waals surface area contributed by atoms with Crippen LogP contribution < -0.4 is 5.32 Å². The third kappa shape index (κ3) is 3.48. The van der Waals surface area contributed by atoms with Crippen LogP contribution in [0.1, 0.15) is 56.4 Å². The minimum atomic E-state index is 0.217. The Hall–Kier alpha value is -1.62. The number of aromatic nitrogens is 3. The molecule has 1 atom stereocenters. The van der Waals surface area contributed by atoms with Gasteiger partial charge in [0.05, 0.1) is 6.26 Å². The first-order valence-electron chi connectivity index (χ1n) is 7.28. The molecule has 0 aliphatic heterocycles. The number of furan rings is 1. The highest BCUT2D eigenvalue weighted by molar-refractivity contribution is 5.18. The molecule has 2 heterocycles. The lowest BCUT2D eigenvalue weighted by Crippen LogP contribution is -2.25. The lowest BCUT2D eigenvalue weighted by molar-refractivity contribution is 0.458. The Bertz CT molecular complexity index is 529. The third-order valence-corrected chi connectivity index (χ3v) is 3.32. The molecule has 0 aliphatic carbocycles. The molecule has 0 aromatic carbocycles. The molecule has 2 rings (SSSR count). The number of hydrogen-bond acceptors (Lipinski definition) is 4. The molecule has 5 nitrogen and oxygen atoms in total. The summed E-state index contributed by atoms with van der Waals surface area (Å²) in [5.41, 5.74) is 1.18. The van der Waals surface area contributed by atoms with Crippen LogP contribution in [0.4, 0.5) is 0 Å². The van der Waals surface area contributed by atoms with Gasteiger partial charge in [0.1, 0.15) is 17.9 Å². The molecule has 5 heteroatoms. The van der Waals surface area contributed by atoms with E-state index < -0.39 is 0 Å². The van der Waals surface area contributed by atoms with Crippen LogP contribution >= 0.6 is 0 Å². The van der Waals surface area contributed by atoms with E-state index in [1.165, 1.54) is 5.56 Å². The number of nitrogens with one attached hydrogen (secondary N) is 1. The minimum Gasteiger partial charge on any atom is -0.469 e. The molecule has 0 saturated carbocycles. The van der Waals surface area contributed by atoms with E-state index in [-0.39, 0.29) is 6.04 Å². The van der Waals surface area contributed by atoms with Crippen LogP contribution in [0.25, 0.3) is 0 Å². The van der Waals surface area contributed by atoms with E-state index >= 15 is 0 Å². The molecule has 0 bridgehead atoms. The number of aryl methyl sites for hydroxylation is 1. The molecule has 1 N–H and O–H groups in total. The fourth-order valence-electron chi connectivity index (χ4n) is 2.31. The Kier molecular flexibility index (Phi) is 4.95. The van der Waals surface area contributed by atoms with Crippen molar-refractivity contribution in [1.82, 2.24) is 20.1 Å². The van der Waals surface area contributed by atoms with Crippen LogP contribution in [-0.4, -0.2) is 21.3 Å². The van der Waals surface area contributed by atoms with Gasteiger partial charge in [-0.05, 0) is 39.8 Å². The summed E-state index contributed by atoms with van der Waals surface area (Å²) in [7, 11) is 0. The molecule has 0 spiro atoms. The molecule has 0 fully saturated rings. The summed E-state index contributed by atoms with van der Waals surface area (Å²) in [5.74, 6) is 1.95. The number of hydrogen-bond donors (Lipinski definition) is 1. The monoisotopic (exact) mass is 276 g/mol. The lowest BCUT2D eigenvalue weighted by Gasteiger charge is -2.18. The summed E-state index contributed by atoms with van der Waals surface area (Å²) in [4.78, 5) is 4.40. The van der Waals surface area contributed by atoms with E-state index in [4.69, 9.17) is 4.42 Å². The Morgan fingerprint density at radius 1 is 1.40 bits per heavy atom. The first-order valence-corrected chi connectivity index (χ1v) is 7.28. The van der Waals surface area contributed by atoms with Gasteiger partial charge in [-0.3, -0.25) is 0 Å². The van der Waals surface area contributed by atoms with Crippen molar-refractivity contribution in [2.45, 2.75) is 52.6 Å². The van der Waals surface area contributed by atoms with Gasteiger partial charge in [-0.15, -0.1) is 0 Å². The largest absolute Gasteiger partial charge is 0.469 e. The van der Waals surface area contributed by atoms with Gasteiger partial charge in [0, 0.05) is 24.1 Å². The second kappa shape index (κ2) is 6.70. The van der Waals surface area contributed by atoms with Crippen LogP contribution in [0.5, 0.6) is 0 Å². The molecule has 0 amide bonds. The van der Waals surface area contributed by atoms with Gasteiger partial charge in [-0.1, -0.05) is 6.92 Å². The highest BCUT2D eigenvalue weighted by atomic mass is 16.3. The molecule has 0 saturated heterocycles. The average molecular weight is 276 g/mol. The van der Waals surface area contributed by atoms with Gasteiger partial charge in [-0.2, -0.15) is 5.10 Å². The first kappa shape index (κ1) is 14.8. The van der Waals surface area contributed by atoms with Crippen molar-refractivity contribution < 1.29 is 4.42 Å². The predicted octanol–water partition coefficient (Wildman–Crippen LogP) is 3.04. The second-order valence-corrected chi connectivity index (χ2v) is 5.42. The number of nitrogens with zero attached hydrogens (tertiary/aromatic N) is 3. The maximum absolute atomic E-state index is 5.44. The smallest absolute Gasteiger partial charge is 0.138 e. The van der Waals surface area contributed by atoms with Gasteiger partial charge >= 0.3 is 0 Å². The van der Waals surface area contributed by atoms with Crippen molar-refractivity contribution in [3.8, 4) is 0 Å². The van der Waals surface area contributed by atoms with Crippen molar-refractivity contribution >= 4 is 0 Å². The molecule has 0 aliphatic rings. The third-order valence-electron chi connectivity index (χ3n) is 3.32. The van der Waals surface area contributed by atoms with E-state index in [1.807, 2.05) is 17.9 Å². The minimum absolute atomic E-state index is 0.217. The second-order valence-electron chi connectivity index (χ2n) is 5.42. The highest BCUT2D eigenvalue weighted by Gasteiger charge is 2.18. The van der Waals surface area contributed by atoms with Crippen LogP contribution in [-0.2, 0) is 6.42 Å². The molecule has 2 aromatic heterocycles. The Morgan fingerprint density at radius 2 is 2.20 bits per heavy atom. The summed E-state index contributed by atoms with van der Waals surface area (Å²) in [5, 5.41) is 7.86. The van der Waals surface area contributed by atoms with Crippen molar-refractivity contribution in [2.75, 3.05) is 6.54 Å². The van der Waals surface area contributed by atoms with E-state index in [0.717, 1.165) is 31.0 Å². The Balaban J connectivity index is 2.17. The first-order chi connectivity index (χ1) is 9.61. The number of rotatable bonds is 7. The standard InChI is InChI=1S/C15H24N4O/c1-5-6-16-14(13-7-12(4)20-9-13)8-15-17-10-18-19(15)11(2)3/h7,9-11,14,16H,5-6,8H2,1-4H3. The van der Waals surface area contributed by atoms with E-state index in [2.05, 4.69) is 42.2 Å². The van der Waals surface area contributed by atoms with Crippen molar-refractivity contribution in [2.24, 2.45) is 0 Å². The quantitative estimate of drug-likeness (QED) is 0.844. The molecule has 0 radical (unpaired) electrons. The van der Waals surface area contributed by atoms with E-state index in [0.29, 0.717) is 6.04 Å². The molecule has 110 valence electrons. The van der Waals surface area contributed by atoms with E-state index in [1.54, 1.807) is 6.33 Å². The van der Waals surface area contributed by atoms with Crippen molar-refractivity contribution in [3.05, 3.63) is 35.8 Å². The molecule has 1 unspecified atom stereocenters. The zero-order chi connectivity index (χ0) is 14.5. The summed E-state index contributed by atoms with van der Waals surface area (Å²) in [6, 6.07) is 2.63. The molecule has 2 aromatic rings. The van der Waals surface area contributed by atoms with Gasteiger partial charge in [0.2, 0.25) is 0 Å². The fraction of sp³-hybridized carbons (Fsp3) is 0.600. The van der Waals surface area contributed by atoms with Gasteiger partial charge in [-0.25, -0.2) is 9.67 Å². The lowest BCUT2D eigenvalue weighted by atomic mass is 10.1. The maximum atomic E-state index is 5.44. The van der Waals surface area contributed by atoms with Crippen LogP contribution in [0, 0.1) is 6.92 Å². The van der Waals surface area contributed by atoms with Crippen LogP contribution in [0.15, 0.2) is 23.1 Å². The average Bonchev–Trinajstić information content (AvgIpc) is 3.03. The highest BCUT2D eigenvalue weighted by Crippen LogP contribution is 2.21. The van der Waals surface area contributed by atoms with Gasteiger partial charge in [0.25, 0.3) is 0 Å². The molecular formula is C15H24N4O. The molecule has 20 heavy (non-hydrogen) atoms. The fourth-order valence-corrected chi connectivity index (χ4v) is 2.31. The normalized spacial score (nSPS) is 13.1. The van der Waals surface area contributed by atoms with Crippen molar-refractivity contribution in [3.63, 3.8) is 0 Å². The summed E-state index contributed by atoms with van der Waals surface area (Å²) in [6.07, 6.45) is 5.38. The summed E-state index contributed by atoms with van der Waals surface area (Å²) in [6.45, 7) is 9.35. The van der Waals surface area contributed by atoms with Crippen LogP contribution in [0.3, 0.4) is 0 Å². The summed E-state index contributed by atoms with van der Waals surface area (Å²) < 4.78 is 7.42. The predicted molar refractivity (Wildman–Crippen MR) is 78.6 cm³/mol. The maximum Gasteiger partial charge on any atom is 0.138 e. The van der Waals surface area contributed by atoms with Crippen LogP contribution in [0.2, 0.25) is 0 Å². The zero-order valence-corrected chi connectivity index (χ0v) is 12.8. The Morgan fingerprint density at radius 3 is 2.80 bits per heavy atom. The topological polar surface area (TPSA) is 55.9 Å².